The van der Waals surface area contributed by atoms with Gasteiger partial charge in [0.15, 0.2) is 0 Å². The number of esters is 1. The number of fused-ring (bicyclic) bond motifs is 1. The zero-order valence-corrected chi connectivity index (χ0v) is 11.1. The van der Waals surface area contributed by atoms with Gasteiger partial charge < -0.3 is 4.74 Å². The Balaban J connectivity index is 2.59. The van der Waals surface area contributed by atoms with E-state index in [4.69, 9.17) is 4.74 Å². The van der Waals surface area contributed by atoms with Crippen LogP contribution in [0, 0.1) is 0 Å². The summed E-state index contributed by atoms with van der Waals surface area (Å²) in [6.07, 6.45) is 0.342. The second-order valence-electron chi connectivity index (χ2n) is 4.77. The van der Waals surface area contributed by atoms with Crippen molar-refractivity contribution in [3.8, 4) is 0 Å². The van der Waals surface area contributed by atoms with E-state index < -0.39 is 0 Å². The van der Waals surface area contributed by atoms with Gasteiger partial charge in [0.1, 0.15) is 0 Å². The van der Waals surface area contributed by atoms with E-state index in [1.807, 2.05) is 18.2 Å². The zero-order chi connectivity index (χ0) is 13.1. The molecule has 2 heteroatoms. The molecule has 0 unspecified atom stereocenters. The first-order valence-corrected chi connectivity index (χ1v) is 6.21. The summed E-state index contributed by atoms with van der Waals surface area (Å²) in [6.45, 7) is 4.31. The maximum Gasteiger partial charge on any atom is 0.309 e. The molecule has 0 aliphatic carbocycles. The van der Waals surface area contributed by atoms with Crippen molar-refractivity contribution in [1.82, 2.24) is 0 Å². The third-order valence-corrected chi connectivity index (χ3v) is 3.20. The first-order valence-electron chi connectivity index (χ1n) is 6.21. The fourth-order valence-corrected chi connectivity index (χ4v) is 2.40. The molecular formula is C16H18O2. The molecule has 0 heterocycles. The van der Waals surface area contributed by atoms with E-state index in [0.717, 1.165) is 5.56 Å². The van der Waals surface area contributed by atoms with Crippen LogP contribution in [0.2, 0.25) is 0 Å². The molecule has 0 amide bonds. The molecule has 0 aliphatic rings. The van der Waals surface area contributed by atoms with Crippen LogP contribution in [-0.4, -0.2) is 13.1 Å². The third-order valence-electron chi connectivity index (χ3n) is 3.20. The maximum atomic E-state index is 11.5. The topological polar surface area (TPSA) is 26.3 Å². The fourth-order valence-electron chi connectivity index (χ4n) is 2.40. The van der Waals surface area contributed by atoms with E-state index in [2.05, 4.69) is 32.0 Å². The molecule has 0 spiro atoms. The van der Waals surface area contributed by atoms with Gasteiger partial charge in [-0.15, -0.1) is 0 Å². The second-order valence-corrected chi connectivity index (χ2v) is 4.77. The number of carbonyl (C=O) groups is 1. The smallest absolute Gasteiger partial charge is 0.309 e. The van der Waals surface area contributed by atoms with Crippen LogP contribution in [0.15, 0.2) is 36.4 Å². The Morgan fingerprint density at radius 1 is 1.17 bits per heavy atom. The van der Waals surface area contributed by atoms with Gasteiger partial charge >= 0.3 is 5.97 Å². The minimum Gasteiger partial charge on any atom is -0.469 e. The van der Waals surface area contributed by atoms with Gasteiger partial charge in [0.2, 0.25) is 0 Å². The highest BCUT2D eigenvalue weighted by molar-refractivity contribution is 5.88. The molecule has 18 heavy (non-hydrogen) atoms. The summed E-state index contributed by atoms with van der Waals surface area (Å²) in [6, 6.07) is 12.4. The van der Waals surface area contributed by atoms with Gasteiger partial charge in [0, 0.05) is 0 Å². The molecule has 2 aromatic rings. The normalized spacial score (nSPS) is 10.9. The van der Waals surface area contributed by atoms with Gasteiger partial charge in [-0.1, -0.05) is 50.2 Å². The third kappa shape index (κ3) is 2.37. The zero-order valence-electron chi connectivity index (χ0n) is 11.1. The van der Waals surface area contributed by atoms with Gasteiger partial charge in [-0.05, 0) is 27.8 Å². The van der Waals surface area contributed by atoms with Crippen LogP contribution in [0.25, 0.3) is 10.8 Å². The number of carbonyl (C=O) groups excluding carboxylic acids is 1. The highest BCUT2D eigenvalue weighted by Gasteiger charge is 2.13. The first-order chi connectivity index (χ1) is 8.63. The van der Waals surface area contributed by atoms with Crippen molar-refractivity contribution in [2.45, 2.75) is 26.2 Å². The molecule has 0 fully saturated rings. The van der Waals surface area contributed by atoms with Crippen LogP contribution in [0.5, 0.6) is 0 Å². The van der Waals surface area contributed by atoms with Crippen molar-refractivity contribution in [3.05, 3.63) is 47.5 Å². The molecule has 2 rings (SSSR count). The van der Waals surface area contributed by atoms with Crippen LogP contribution in [0.1, 0.15) is 30.9 Å². The number of benzene rings is 2. The van der Waals surface area contributed by atoms with Gasteiger partial charge in [-0.25, -0.2) is 0 Å². The highest BCUT2D eigenvalue weighted by atomic mass is 16.5. The summed E-state index contributed by atoms with van der Waals surface area (Å²) in [7, 11) is 1.43. The van der Waals surface area contributed by atoms with Crippen molar-refractivity contribution < 1.29 is 9.53 Å². The summed E-state index contributed by atoms with van der Waals surface area (Å²) >= 11 is 0. The van der Waals surface area contributed by atoms with Crippen LogP contribution in [-0.2, 0) is 16.0 Å². The molecule has 94 valence electrons. The van der Waals surface area contributed by atoms with Crippen molar-refractivity contribution in [2.24, 2.45) is 0 Å². The average molecular weight is 242 g/mol. The van der Waals surface area contributed by atoms with Gasteiger partial charge in [0.05, 0.1) is 13.5 Å². The average Bonchev–Trinajstić information content (AvgIpc) is 2.37. The number of hydrogen-bond donors (Lipinski definition) is 0. The van der Waals surface area contributed by atoms with Crippen molar-refractivity contribution in [1.29, 1.82) is 0 Å². The van der Waals surface area contributed by atoms with Gasteiger partial charge in [-0.3, -0.25) is 4.79 Å². The highest BCUT2D eigenvalue weighted by Crippen LogP contribution is 2.29. The number of ether oxygens (including phenoxy) is 1. The predicted molar refractivity (Wildman–Crippen MR) is 73.8 cm³/mol. The molecular weight excluding hydrogens is 224 g/mol. The summed E-state index contributed by atoms with van der Waals surface area (Å²) in [5, 5.41) is 2.45. The SMILES string of the molecule is COC(=O)Cc1ccc2ccccc2c1C(C)C. The molecule has 0 saturated carbocycles. The van der Waals surface area contributed by atoms with Crippen molar-refractivity contribution in [2.75, 3.05) is 7.11 Å². The Kier molecular flexibility index (Phi) is 3.66. The van der Waals surface area contributed by atoms with E-state index in [1.165, 1.54) is 23.4 Å². The summed E-state index contributed by atoms with van der Waals surface area (Å²) in [5.41, 5.74) is 2.31. The van der Waals surface area contributed by atoms with Crippen LogP contribution in [0.3, 0.4) is 0 Å². The monoisotopic (exact) mass is 242 g/mol. The Bertz CT molecular complexity index is 570. The summed E-state index contributed by atoms with van der Waals surface area (Å²) in [4.78, 5) is 11.5. The lowest BCUT2D eigenvalue weighted by atomic mass is 9.90. The molecule has 0 aliphatic heterocycles. The lowest BCUT2D eigenvalue weighted by molar-refractivity contribution is -0.139. The number of rotatable bonds is 3. The van der Waals surface area contributed by atoms with Crippen molar-refractivity contribution >= 4 is 16.7 Å². The second kappa shape index (κ2) is 5.21. The van der Waals surface area contributed by atoms with E-state index in [9.17, 15) is 4.79 Å². The van der Waals surface area contributed by atoms with E-state index in [1.54, 1.807) is 0 Å². The Hall–Kier alpha value is -1.83. The minimum absolute atomic E-state index is 0.188. The quantitative estimate of drug-likeness (QED) is 0.767. The molecule has 0 saturated heterocycles. The summed E-state index contributed by atoms with van der Waals surface area (Å²) < 4.78 is 4.76. The van der Waals surface area contributed by atoms with Gasteiger partial charge in [-0.2, -0.15) is 0 Å². The molecule has 0 atom stereocenters. The Morgan fingerprint density at radius 2 is 1.89 bits per heavy atom. The maximum absolute atomic E-state index is 11.5. The summed E-state index contributed by atoms with van der Waals surface area (Å²) in [5.74, 6) is 0.197. The molecule has 0 N–H and O–H groups in total. The predicted octanol–water partition coefficient (Wildman–Crippen LogP) is 3.68. The minimum atomic E-state index is -0.188. The lowest BCUT2D eigenvalue weighted by Gasteiger charge is -2.15. The van der Waals surface area contributed by atoms with Gasteiger partial charge in [0.25, 0.3) is 0 Å². The van der Waals surface area contributed by atoms with Crippen LogP contribution in [0.4, 0.5) is 0 Å². The lowest BCUT2D eigenvalue weighted by Crippen LogP contribution is -2.08. The first kappa shape index (κ1) is 12.6. The largest absolute Gasteiger partial charge is 0.469 e. The standard InChI is InChI=1S/C16H18O2/c1-11(2)16-13(10-15(17)18-3)9-8-12-6-4-5-7-14(12)16/h4-9,11H,10H2,1-3H3. The van der Waals surface area contributed by atoms with Crippen LogP contribution >= 0.6 is 0 Å². The van der Waals surface area contributed by atoms with E-state index in [0.29, 0.717) is 12.3 Å². The Labute approximate surface area is 108 Å². The van der Waals surface area contributed by atoms with E-state index in [-0.39, 0.29) is 5.97 Å². The molecule has 2 nitrogen and oxygen atoms in total. The molecule has 0 radical (unpaired) electrons. The molecule has 2 aromatic carbocycles. The number of hydrogen-bond acceptors (Lipinski definition) is 2. The fraction of sp³-hybridized carbons (Fsp3) is 0.312. The number of methoxy groups -OCH3 is 1. The van der Waals surface area contributed by atoms with E-state index >= 15 is 0 Å². The van der Waals surface area contributed by atoms with Crippen molar-refractivity contribution in [3.63, 3.8) is 0 Å². The van der Waals surface area contributed by atoms with Crippen LogP contribution < -0.4 is 0 Å². The molecule has 0 aromatic heterocycles. The molecule has 0 bridgehead atoms. The Morgan fingerprint density at radius 3 is 2.56 bits per heavy atom.